The number of pyridine rings is 1. The number of aromatic nitrogens is 1. The molecule has 0 spiro atoms. The normalized spacial score (nSPS) is 11.5. The van der Waals surface area contributed by atoms with Crippen molar-refractivity contribution in [3.8, 4) is 11.1 Å². The molecule has 0 fully saturated rings. The molecule has 2 nitrogen and oxygen atoms in total. The molecule has 24 heavy (non-hydrogen) atoms. The van der Waals surface area contributed by atoms with E-state index in [-0.39, 0.29) is 0 Å². The first-order valence-corrected chi connectivity index (χ1v) is 8.08. The lowest BCUT2D eigenvalue weighted by Gasteiger charge is -2.08. The zero-order chi connectivity index (χ0) is 16.1. The first-order chi connectivity index (χ1) is 11.8. The summed E-state index contributed by atoms with van der Waals surface area (Å²) in [4.78, 5) is 4.88. The molecule has 0 bridgehead atoms. The van der Waals surface area contributed by atoms with Crippen LogP contribution in [-0.4, -0.2) is 4.98 Å². The van der Waals surface area contributed by atoms with Crippen molar-refractivity contribution in [3.05, 3.63) is 78.4 Å². The lowest BCUT2D eigenvalue weighted by molar-refractivity contribution is 0.670. The maximum Gasteiger partial charge on any atom is 0.162 e. The van der Waals surface area contributed by atoms with E-state index >= 15 is 0 Å². The summed E-state index contributed by atoms with van der Waals surface area (Å²) in [6.07, 6.45) is 0. The van der Waals surface area contributed by atoms with Gasteiger partial charge in [-0.15, -0.1) is 0 Å². The van der Waals surface area contributed by atoms with Gasteiger partial charge < -0.3 is 4.42 Å². The minimum absolute atomic E-state index is 0.860. The van der Waals surface area contributed by atoms with Gasteiger partial charge in [-0.05, 0) is 30.7 Å². The fraction of sp³-hybridized carbons (Fsp3) is 0.0455. The predicted molar refractivity (Wildman–Crippen MR) is 99.2 cm³/mol. The minimum Gasteiger partial charge on any atom is -0.454 e. The van der Waals surface area contributed by atoms with Gasteiger partial charge in [-0.25, -0.2) is 4.98 Å². The molecule has 0 aliphatic heterocycles. The van der Waals surface area contributed by atoms with Gasteiger partial charge >= 0.3 is 0 Å². The number of rotatable bonds is 1. The number of nitrogens with zero attached hydrogens (tertiary/aromatic N) is 1. The number of hydrogen-bond donors (Lipinski definition) is 0. The van der Waals surface area contributed by atoms with Gasteiger partial charge in [0.25, 0.3) is 0 Å². The maximum absolute atomic E-state index is 6.21. The summed E-state index contributed by atoms with van der Waals surface area (Å²) >= 11 is 0. The Morgan fingerprint density at radius 2 is 1.46 bits per heavy atom. The van der Waals surface area contributed by atoms with Gasteiger partial charge in [0, 0.05) is 16.3 Å². The van der Waals surface area contributed by atoms with Crippen LogP contribution in [0.2, 0.25) is 0 Å². The van der Waals surface area contributed by atoms with E-state index < -0.39 is 0 Å². The average Bonchev–Trinajstić information content (AvgIpc) is 2.99. The monoisotopic (exact) mass is 309 g/mol. The van der Waals surface area contributed by atoms with E-state index in [1.165, 1.54) is 5.56 Å². The first-order valence-electron chi connectivity index (χ1n) is 8.08. The highest BCUT2D eigenvalue weighted by molar-refractivity contribution is 6.14. The zero-order valence-corrected chi connectivity index (χ0v) is 13.3. The molecule has 114 valence electrons. The van der Waals surface area contributed by atoms with Gasteiger partial charge in [0.2, 0.25) is 0 Å². The average molecular weight is 309 g/mol. The smallest absolute Gasteiger partial charge is 0.162 e. The molecule has 0 aliphatic carbocycles. The highest BCUT2D eigenvalue weighted by atomic mass is 16.3. The Hall–Kier alpha value is -3.13. The number of furan rings is 1. The number of fused-ring (bicyclic) bond motifs is 4. The van der Waals surface area contributed by atoms with Crippen LogP contribution in [0.25, 0.3) is 44.1 Å². The molecule has 2 heterocycles. The van der Waals surface area contributed by atoms with Crippen molar-refractivity contribution < 1.29 is 4.42 Å². The van der Waals surface area contributed by atoms with Gasteiger partial charge in [0.05, 0.1) is 5.52 Å². The van der Waals surface area contributed by atoms with Gasteiger partial charge in [-0.3, -0.25) is 0 Å². The summed E-state index contributed by atoms with van der Waals surface area (Å²) in [5, 5.41) is 2.18. The van der Waals surface area contributed by atoms with Crippen molar-refractivity contribution in [1.29, 1.82) is 0 Å². The summed E-state index contributed by atoms with van der Waals surface area (Å²) in [6, 6.07) is 24.9. The topological polar surface area (TPSA) is 26.0 Å². The van der Waals surface area contributed by atoms with Crippen LogP contribution < -0.4 is 0 Å². The Bertz CT molecular complexity index is 1200. The van der Waals surface area contributed by atoms with E-state index in [1.807, 2.05) is 24.3 Å². The predicted octanol–water partition coefficient (Wildman–Crippen LogP) is 6.11. The van der Waals surface area contributed by atoms with Gasteiger partial charge in [0.15, 0.2) is 5.58 Å². The molecule has 0 saturated heterocycles. The van der Waals surface area contributed by atoms with Crippen LogP contribution in [0, 0.1) is 6.92 Å². The fourth-order valence-electron chi connectivity index (χ4n) is 3.34. The van der Waals surface area contributed by atoms with E-state index in [0.717, 1.165) is 44.1 Å². The molecule has 0 atom stereocenters. The molecule has 5 aromatic rings. The van der Waals surface area contributed by atoms with Crippen LogP contribution in [0.4, 0.5) is 0 Å². The van der Waals surface area contributed by atoms with Crippen molar-refractivity contribution >= 4 is 33.0 Å². The van der Waals surface area contributed by atoms with Crippen molar-refractivity contribution in [2.24, 2.45) is 0 Å². The van der Waals surface area contributed by atoms with Gasteiger partial charge in [-0.1, -0.05) is 60.2 Å². The van der Waals surface area contributed by atoms with E-state index in [2.05, 4.69) is 55.5 Å². The summed E-state index contributed by atoms with van der Waals surface area (Å²) < 4.78 is 6.21. The van der Waals surface area contributed by atoms with Gasteiger partial charge in [0.1, 0.15) is 11.1 Å². The largest absolute Gasteiger partial charge is 0.454 e. The minimum atomic E-state index is 0.860. The van der Waals surface area contributed by atoms with E-state index in [9.17, 15) is 0 Å². The molecule has 0 saturated carbocycles. The summed E-state index contributed by atoms with van der Waals surface area (Å²) in [6.45, 7) is 2.10. The van der Waals surface area contributed by atoms with Crippen LogP contribution >= 0.6 is 0 Å². The Balaban J connectivity index is 2.02. The third kappa shape index (κ3) is 1.86. The Kier molecular flexibility index (Phi) is 2.74. The van der Waals surface area contributed by atoms with Crippen LogP contribution in [0.3, 0.4) is 0 Å². The molecular formula is C22H15NO. The van der Waals surface area contributed by atoms with Crippen LogP contribution in [0.5, 0.6) is 0 Å². The molecule has 3 aromatic carbocycles. The fourth-order valence-corrected chi connectivity index (χ4v) is 3.34. The molecule has 0 N–H and O–H groups in total. The van der Waals surface area contributed by atoms with E-state index in [1.54, 1.807) is 0 Å². The molecule has 0 unspecified atom stereocenters. The van der Waals surface area contributed by atoms with Crippen molar-refractivity contribution in [2.75, 3.05) is 0 Å². The van der Waals surface area contributed by atoms with Crippen LogP contribution in [0.15, 0.2) is 77.2 Å². The highest BCUT2D eigenvalue weighted by Crippen LogP contribution is 2.39. The lowest BCUT2D eigenvalue weighted by atomic mass is 9.99. The van der Waals surface area contributed by atoms with E-state index in [4.69, 9.17) is 9.40 Å². The number of benzene rings is 3. The molecular weight excluding hydrogens is 294 g/mol. The van der Waals surface area contributed by atoms with Crippen LogP contribution in [0.1, 0.15) is 5.56 Å². The van der Waals surface area contributed by atoms with Crippen LogP contribution in [-0.2, 0) is 0 Å². The second kappa shape index (κ2) is 4.93. The first kappa shape index (κ1) is 13.3. The lowest BCUT2D eigenvalue weighted by Crippen LogP contribution is -1.87. The van der Waals surface area contributed by atoms with E-state index in [0.29, 0.717) is 0 Å². The zero-order valence-electron chi connectivity index (χ0n) is 13.3. The van der Waals surface area contributed by atoms with Crippen molar-refractivity contribution in [3.63, 3.8) is 0 Å². The highest BCUT2D eigenvalue weighted by Gasteiger charge is 2.17. The van der Waals surface area contributed by atoms with Crippen molar-refractivity contribution in [1.82, 2.24) is 4.98 Å². The molecule has 0 aliphatic rings. The third-order valence-electron chi connectivity index (χ3n) is 4.54. The Morgan fingerprint density at radius 1 is 0.750 bits per heavy atom. The summed E-state index contributed by atoms with van der Waals surface area (Å²) in [5.74, 6) is 0. The molecule has 0 radical (unpaired) electrons. The molecule has 0 amide bonds. The molecule has 2 aromatic heterocycles. The molecule has 2 heteroatoms. The summed E-state index contributed by atoms with van der Waals surface area (Å²) in [7, 11) is 0. The standard InChI is InChI=1S/C22H15NO/c1-14-10-12-15(13-11-14)20-16-6-2-4-8-18(16)23-21-17-7-3-5-9-19(17)24-22(20)21/h2-13H,1H3. The van der Waals surface area contributed by atoms with Crippen molar-refractivity contribution in [2.45, 2.75) is 6.92 Å². The second-order valence-electron chi connectivity index (χ2n) is 6.15. The number of hydrogen-bond acceptors (Lipinski definition) is 2. The number of aryl methyl sites for hydroxylation is 1. The van der Waals surface area contributed by atoms with Gasteiger partial charge in [-0.2, -0.15) is 0 Å². The Morgan fingerprint density at radius 3 is 2.29 bits per heavy atom. The Labute approximate surface area is 139 Å². The molecule has 5 rings (SSSR count). The quantitative estimate of drug-likeness (QED) is 0.373. The number of para-hydroxylation sites is 2. The summed E-state index contributed by atoms with van der Waals surface area (Å²) in [5.41, 5.74) is 7.18. The third-order valence-corrected chi connectivity index (χ3v) is 4.54. The maximum atomic E-state index is 6.21. The second-order valence-corrected chi connectivity index (χ2v) is 6.15. The SMILES string of the molecule is Cc1ccc(-c2c3ccccc3nc3c2oc2ccccc23)cc1.